The molecule has 14 heavy (non-hydrogen) atoms. The van der Waals surface area contributed by atoms with E-state index in [2.05, 4.69) is 26.3 Å². The van der Waals surface area contributed by atoms with E-state index < -0.39 is 0 Å². The van der Waals surface area contributed by atoms with E-state index in [0.717, 1.165) is 13.1 Å². The topological polar surface area (TPSA) is 50.1 Å². The van der Waals surface area contributed by atoms with Crippen LogP contribution < -0.4 is 5.32 Å². The molecule has 5 heteroatoms. The molecule has 1 saturated heterocycles. The Bertz CT molecular complexity index is 307. The molecule has 1 aromatic rings. The summed E-state index contributed by atoms with van der Waals surface area (Å²) in [6, 6.07) is 0.486. The van der Waals surface area contributed by atoms with Crippen LogP contribution in [-0.2, 0) is 6.54 Å². The molecule has 0 amide bonds. The minimum Gasteiger partial charge on any atom is -0.504 e. The zero-order valence-corrected chi connectivity index (χ0v) is 9.50. The predicted octanol–water partition coefficient (Wildman–Crippen LogP) is 1.49. The molecule has 1 aliphatic rings. The maximum Gasteiger partial charge on any atom is 0.168 e. The second-order valence-electron chi connectivity index (χ2n) is 3.65. The van der Waals surface area contributed by atoms with E-state index in [-0.39, 0.29) is 5.75 Å². The lowest BCUT2D eigenvalue weighted by atomic mass is 10.1. The highest BCUT2D eigenvalue weighted by atomic mass is 79.9. The lowest BCUT2D eigenvalue weighted by Crippen LogP contribution is -2.37. The van der Waals surface area contributed by atoms with Crippen LogP contribution in [0.5, 0.6) is 5.75 Å². The van der Waals surface area contributed by atoms with E-state index in [9.17, 15) is 5.11 Å². The zero-order valence-electron chi connectivity index (χ0n) is 7.91. The molecule has 4 nitrogen and oxygen atoms in total. The fourth-order valence-electron chi connectivity index (χ4n) is 1.78. The third-order valence-corrected chi connectivity index (χ3v) is 3.38. The Kier molecular flexibility index (Phi) is 3.08. The Hall–Kier alpha value is -0.550. The highest BCUT2D eigenvalue weighted by Gasteiger charge is 2.15. The summed E-state index contributed by atoms with van der Waals surface area (Å²) in [4.78, 5) is 0. The first-order valence-corrected chi connectivity index (χ1v) is 5.70. The summed E-state index contributed by atoms with van der Waals surface area (Å²) < 4.78 is 2.46. The summed E-state index contributed by atoms with van der Waals surface area (Å²) in [6.07, 6.45) is 5.20. The Morgan fingerprint density at radius 1 is 1.64 bits per heavy atom. The highest BCUT2D eigenvalue weighted by molar-refractivity contribution is 9.10. The number of nitrogens with zero attached hydrogens (tertiary/aromatic N) is 2. The first kappa shape index (κ1) is 9.98. The van der Waals surface area contributed by atoms with Gasteiger partial charge in [-0.25, -0.2) is 0 Å². The van der Waals surface area contributed by atoms with Crippen LogP contribution in [0.1, 0.15) is 19.3 Å². The summed E-state index contributed by atoms with van der Waals surface area (Å²) in [5.74, 6) is 0.209. The van der Waals surface area contributed by atoms with Crippen LogP contribution in [0.25, 0.3) is 0 Å². The van der Waals surface area contributed by atoms with Gasteiger partial charge in [-0.2, -0.15) is 5.10 Å². The molecule has 0 spiro atoms. The molecule has 2 rings (SSSR count). The second-order valence-corrected chi connectivity index (χ2v) is 4.40. The number of hydrogen-bond acceptors (Lipinski definition) is 3. The number of aromatic hydroxyl groups is 1. The van der Waals surface area contributed by atoms with Crippen molar-refractivity contribution in [2.24, 2.45) is 0 Å². The molecular weight excluding hydrogens is 246 g/mol. The van der Waals surface area contributed by atoms with Gasteiger partial charge < -0.3 is 10.4 Å². The SMILES string of the molecule is Oc1cnn(CC2CCCCN2)c1Br. The summed E-state index contributed by atoms with van der Waals surface area (Å²) in [5, 5.41) is 16.8. The Balaban J connectivity index is 1.99. The molecule has 2 heterocycles. The van der Waals surface area contributed by atoms with Crippen LogP contribution in [0.3, 0.4) is 0 Å². The normalized spacial score (nSPS) is 22.5. The van der Waals surface area contributed by atoms with Gasteiger partial charge in [0.05, 0.1) is 12.7 Å². The summed E-state index contributed by atoms with van der Waals surface area (Å²) in [7, 11) is 0. The number of halogens is 1. The van der Waals surface area contributed by atoms with Gasteiger partial charge in [-0.1, -0.05) is 6.42 Å². The lowest BCUT2D eigenvalue weighted by Gasteiger charge is -2.23. The van der Waals surface area contributed by atoms with Gasteiger partial charge in [0.25, 0.3) is 0 Å². The van der Waals surface area contributed by atoms with Crippen LogP contribution in [0, 0.1) is 0 Å². The summed E-state index contributed by atoms with van der Waals surface area (Å²) in [6.45, 7) is 1.91. The van der Waals surface area contributed by atoms with Gasteiger partial charge in [-0.15, -0.1) is 0 Å². The maximum absolute atomic E-state index is 9.32. The quantitative estimate of drug-likeness (QED) is 0.847. The van der Waals surface area contributed by atoms with E-state index >= 15 is 0 Å². The molecule has 1 unspecified atom stereocenters. The molecule has 0 radical (unpaired) electrons. The first-order valence-electron chi connectivity index (χ1n) is 4.91. The molecular formula is C9H14BrN3O. The van der Waals surface area contributed by atoms with E-state index in [4.69, 9.17) is 0 Å². The predicted molar refractivity (Wildman–Crippen MR) is 57.2 cm³/mol. The Labute approximate surface area is 91.4 Å². The molecule has 0 saturated carbocycles. The van der Waals surface area contributed by atoms with Crippen LogP contribution in [0.15, 0.2) is 10.8 Å². The third-order valence-electron chi connectivity index (χ3n) is 2.56. The Morgan fingerprint density at radius 2 is 2.50 bits per heavy atom. The molecule has 1 aliphatic heterocycles. The van der Waals surface area contributed by atoms with E-state index in [1.54, 1.807) is 4.68 Å². The van der Waals surface area contributed by atoms with Crippen molar-refractivity contribution in [1.29, 1.82) is 0 Å². The third kappa shape index (κ3) is 2.09. The van der Waals surface area contributed by atoms with Crippen molar-refractivity contribution in [1.82, 2.24) is 15.1 Å². The lowest BCUT2D eigenvalue weighted by molar-refractivity contribution is 0.347. The van der Waals surface area contributed by atoms with Crippen molar-refractivity contribution < 1.29 is 5.11 Å². The summed E-state index contributed by atoms with van der Waals surface area (Å²) >= 11 is 3.30. The number of nitrogens with one attached hydrogen (secondary N) is 1. The van der Waals surface area contributed by atoms with Gasteiger partial charge in [0.1, 0.15) is 4.60 Å². The first-order chi connectivity index (χ1) is 6.77. The molecule has 1 atom stereocenters. The standard InChI is InChI=1S/C9H14BrN3O/c10-9-8(14)5-12-13(9)6-7-3-1-2-4-11-7/h5,7,11,14H,1-4,6H2. The minimum absolute atomic E-state index is 0.209. The average Bonchev–Trinajstić information content (AvgIpc) is 2.52. The van der Waals surface area contributed by atoms with Crippen molar-refractivity contribution in [2.75, 3.05) is 6.54 Å². The monoisotopic (exact) mass is 259 g/mol. The van der Waals surface area contributed by atoms with Crippen LogP contribution >= 0.6 is 15.9 Å². The zero-order chi connectivity index (χ0) is 9.97. The van der Waals surface area contributed by atoms with Gasteiger partial charge in [-0.3, -0.25) is 4.68 Å². The molecule has 0 aliphatic carbocycles. The molecule has 0 bridgehead atoms. The average molecular weight is 260 g/mol. The number of hydrogen-bond donors (Lipinski definition) is 2. The van der Waals surface area contributed by atoms with E-state index in [1.807, 2.05) is 0 Å². The van der Waals surface area contributed by atoms with Gasteiger partial charge in [-0.05, 0) is 35.3 Å². The maximum atomic E-state index is 9.32. The fourth-order valence-corrected chi connectivity index (χ4v) is 2.12. The van der Waals surface area contributed by atoms with E-state index in [1.165, 1.54) is 25.5 Å². The van der Waals surface area contributed by atoms with Crippen molar-refractivity contribution >= 4 is 15.9 Å². The number of rotatable bonds is 2. The van der Waals surface area contributed by atoms with Crippen molar-refractivity contribution in [2.45, 2.75) is 31.8 Å². The van der Waals surface area contributed by atoms with E-state index in [0.29, 0.717) is 10.6 Å². The minimum atomic E-state index is 0.209. The fraction of sp³-hybridized carbons (Fsp3) is 0.667. The van der Waals surface area contributed by atoms with Crippen LogP contribution in [0.4, 0.5) is 0 Å². The smallest absolute Gasteiger partial charge is 0.168 e. The van der Waals surface area contributed by atoms with Gasteiger partial charge in [0, 0.05) is 6.04 Å². The highest BCUT2D eigenvalue weighted by Crippen LogP contribution is 2.23. The molecule has 1 aromatic heterocycles. The molecule has 0 aromatic carbocycles. The molecule has 78 valence electrons. The van der Waals surface area contributed by atoms with Crippen molar-refractivity contribution in [3.05, 3.63) is 10.8 Å². The Morgan fingerprint density at radius 3 is 3.07 bits per heavy atom. The molecule has 1 fully saturated rings. The van der Waals surface area contributed by atoms with Crippen LogP contribution in [0.2, 0.25) is 0 Å². The van der Waals surface area contributed by atoms with Gasteiger partial charge in [0.15, 0.2) is 5.75 Å². The largest absolute Gasteiger partial charge is 0.504 e. The number of aromatic nitrogens is 2. The molecule has 2 N–H and O–H groups in total. The van der Waals surface area contributed by atoms with Crippen molar-refractivity contribution in [3.63, 3.8) is 0 Å². The van der Waals surface area contributed by atoms with Gasteiger partial charge >= 0.3 is 0 Å². The van der Waals surface area contributed by atoms with Crippen molar-refractivity contribution in [3.8, 4) is 5.75 Å². The van der Waals surface area contributed by atoms with Crippen LogP contribution in [-0.4, -0.2) is 27.5 Å². The summed E-state index contributed by atoms with van der Waals surface area (Å²) in [5.41, 5.74) is 0. The van der Waals surface area contributed by atoms with Gasteiger partial charge in [0.2, 0.25) is 0 Å². The number of piperidine rings is 1. The second kappa shape index (κ2) is 4.31.